The largest absolute Gasteiger partial charge is 0.309 e. The molecule has 1 saturated carbocycles. The highest BCUT2D eigenvalue weighted by atomic mass is 15.3. The van der Waals surface area contributed by atoms with E-state index in [1.165, 1.54) is 32.4 Å². The lowest BCUT2D eigenvalue weighted by Gasteiger charge is -2.45. The van der Waals surface area contributed by atoms with Crippen LogP contribution in [0.3, 0.4) is 0 Å². The molecule has 15 heavy (non-hydrogen) atoms. The molecule has 1 aliphatic carbocycles. The van der Waals surface area contributed by atoms with E-state index in [2.05, 4.69) is 37.9 Å². The second kappa shape index (κ2) is 4.06. The molecule has 0 aromatic rings. The molecule has 2 heteroatoms. The van der Waals surface area contributed by atoms with E-state index in [-0.39, 0.29) is 0 Å². The summed E-state index contributed by atoms with van der Waals surface area (Å²) in [5.74, 6) is 0.993. The third-order valence-corrected chi connectivity index (χ3v) is 4.17. The van der Waals surface area contributed by atoms with E-state index in [1.54, 1.807) is 0 Å². The Morgan fingerprint density at radius 1 is 1.27 bits per heavy atom. The second-order valence-electron chi connectivity index (χ2n) is 5.97. The molecule has 3 unspecified atom stereocenters. The van der Waals surface area contributed by atoms with Crippen molar-refractivity contribution in [2.75, 3.05) is 13.1 Å². The summed E-state index contributed by atoms with van der Waals surface area (Å²) >= 11 is 0. The van der Waals surface area contributed by atoms with E-state index in [1.807, 2.05) is 0 Å². The van der Waals surface area contributed by atoms with Crippen LogP contribution in [0, 0.1) is 5.92 Å². The predicted molar refractivity (Wildman–Crippen MR) is 65.1 cm³/mol. The zero-order valence-electron chi connectivity index (χ0n) is 10.7. The first-order chi connectivity index (χ1) is 7.07. The SMILES string of the molecule is CCC1CC1N1CC(C)(C)NCC1CC. The van der Waals surface area contributed by atoms with Gasteiger partial charge in [-0.1, -0.05) is 20.3 Å². The predicted octanol–water partition coefficient (Wildman–Crippen LogP) is 2.25. The first-order valence-electron chi connectivity index (χ1n) is 6.58. The van der Waals surface area contributed by atoms with Crippen molar-refractivity contribution in [2.24, 2.45) is 5.92 Å². The fourth-order valence-corrected chi connectivity index (χ4v) is 3.00. The topological polar surface area (TPSA) is 15.3 Å². The first kappa shape index (κ1) is 11.4. The van der Waals surface area contributed by atoms with Crippen LogP contribution in [0.15, 0.2) is 0 Å². The van der Waals surface area contributed by atoms with Gasteiger partial charge in [-0.05, 0) is 32.6 Å². The Labute approximate surface area is 94.4 Å². The number of rotatable bonds is 3. The minimum Gasteiger partial charge on any atom is -0.309 e. The maximum Gasteiger partial charge on any atom is 0.0253 e. The molecule has 0 aromatic carbocycles. The summed E-state index contributed by atoms with van der Waals surface area (Å²) in [6.07, 6.45) is 4.10. The Morgan fingerprint density at radius 3 is 2.53 bits per heavy atom. The van der Waals surface area contributed by atoms with Gasteiger partial charge in [0.1, 0.15) is 0 Å². The van der Waals surface area contributed by atoms with Crippen molar-refractivity contribution in [1.82, 2.24) is 10.2 Å². The van der Waals surface area contributed by atoms with Gasteiger partial charge in [-0.25, -0.2) is 0 Å². The van der Waals surface area contributed by atoms with E-state index in [0.29, 0.717) is 5.54 Å². The van der Waals surface area contributed by atoms with Gasteiger partial charge >= 0.3 is 0 Å². The van der Waals surface area contributed by atoms with Gasteiger partial charge in [0.15, 0.2) is 0 Å². The summed E-state index contributed by atoms with van der Waals surface area (Å²) < 4.78 is 0. The Hall–Kier alpha value is -0.0800. The Bertz CT molecular complexity index is 225. The highest BCUT2D eigenvalue weighted by Crippen LogP contribution is 2.41. The summed E-state index contributed by atoms with van der Waals surface area (Å²) in [6.45, 7) is 11.7. The smallest absolute Gasteiger partial charge is 0.0253 e. The van der Waals surface area contributed by atoms with Crippen LogP contribution in [0.5, 0.6) is 0 Å². The normalized spacial score (nSPS) is 40.4. The van der Waals surface area contributed by atoms with Gasteiger partial charge in [0, 0.05) is 30.7 Å². The monoisotopic (exact) mass is 210 g/mol. The quantitative estimate of drug-likeness (QED) is 0.768. The molecule has 1 aliphatic heterocycles. The molecule has 1 N–H and O–H groups in total. The summed E-state index contributed by atoms with van der Waals surface area (Å²) in [4.78, 5) is 2.78. The lowest BCUT2D eigenvalue weighted by Crippen LogP contribution is -2.62. The standard InChI is InChI=1S/C13H26N2/c1-5-10-7-12(10)15-9-13(3,4)14-8-11(15)6-2/h10-12,14H,5-9H2,1-4H3. The molecule has 2 rings (SSSR count). The van der Waals surface area contributed by atoms with Crippen molar-refractivity contribution in [3.05, 3.63) is 0 Å². The zero-order chi connectivity index (χ0) is 11.1. The van der Waals surface area contributed by atoms with Crippen molar-refractivity contribution in [3.63, 3.8) is 0 Å². The molecule has 2 aliphatic rings. The van der Waals surface area contributed by atoms with Gasteiger partial charge in [-0.15, -0.1) is 0 Å². The van der Waals surface area contributed by atoms with Crippen LogP contribution in [0.4, 0.5) is 0 Å². The van der Waals surface area contributed by atoms with Crippen LogP contribution in [0.1, 0.15) is 47.0 Å². The van der Waals surface area contributed by atoms with Crippen molar-refractivity contribution in [2.45, 2.75) is 64.6 Å². The van der Waals surface area contributed by atoms with Crippen LogP contribution in [-0.2, 0) is 0 Å². The Morgan fingerprint density at radius 2 is 2.00 bits per heavy atom. The molecule has 88 valence electrons. The van der Waals surface area contributed by atoms with Gasteiger partial charge in [0.25, 0.3) is 0 Å². The molecule has 1 heterocycles. The van der Waals surface area contributed by atoms with Crippen LogP contribution < -0.4 is 5.32 Å². The van der Waals surface area contributed by atoms with Crippen LogP contribution >= 0.6 is 0 Å². The number of nitrogens with one attached hydrogen (secondary N) is 1. The molecule has 0 radical (unpaired) electrons. The fraction of sp³-hybridized carbons (Fsp3) is 1.00. The third-order valence-electron chi connectivity index (χ3n) is 4.17. The minimum atomic E-state index is 0.312. The Balaban J connectivity index is 1.99. The molecule has 2 fully saturated rings. The van der Waals surface area contributed by atoms with Crippen LogP contribution in [-0.4, -0.2) is 35.6 Å². The van der Waals surface area contributed by atoms with Crippen LogP contribution in [0.2, 0.25) is 0 Å². The Kier molecular flexibility index (Phi) is 3.09. The second-order valence-corrected chi connectivity index (χ2v) is 5.97. The summed E-state index contributed by atoms with van der Waals surface area (Å²) in [6, 6.07) is 1.68. The van der Waals surface area contributed by atoms with E-state index in [0.717, 1.165) is 18.0 Å². The zero-order valence-corrected chi connectivity index (χ0v) is 10.7. The highest BCUT2D eigenvalue weighted by Gasteiger charge is 2.45. The van der Waals surface area contributed by atoms with Crippen molar-refractivity contribution < 1.29 is 0 Å². The average Bonchev–Trinajstić information content (AvgIpc) is 2.95. The summed E-state index contributed by atoms with van der Waals surface area (Å²) in [5, 5.41) is 3.66. The van der Waals surface area contributed by atoms with E-state index >= 15 is 0 Å². The molecule has 0 spiro atoms. The number of hydrogen-bond acceptors (Lipinski definition) is 2. The fourth-order valence-electron chi connectivity index (χ4n) is 3.00. The molecule has 0 bridgehead atoms. The molecule has 0 amide bonds. The van der Waals surface area contributed by atoms with Gasteiger partial charge in [0.2, 0.25) is 0 Å². The van der Waals surface area contributed by atoms with Crippen molar-refractivity contribution >= 4 is 0 Å². The van der Waals surface area contributed by atoms with Crippen LogP contribution in [0.25, 0.3) is 0 Å². The van der Waals surface area contributed by atoms with Gasteiger partial charge in [-0.2, -0.15) is 0 Å². The average molecular weight is 210 g/mol. The van der Waals surface area contributed by atoms with E-state index < -0.39 is 0 Å². The molecular weight excluding hydrogens is 184 g/mol. The van der Waals surface area contributed by atoms with E-state index in [9.17, 15) is 0 Å². The number of piperazine rings is 1. The molecule has 1 saturated heterocycles. The summed E-state index contributed by atoms with van der Waals surface area (Å²) in [7, 11) is 0. The number of hydrogen-bond donors (Lipinski definition) is 1. The van der Waals surface area contributed by atoms with Gasteiger partial charge in [0.05, 0.1) is 0 Å². The lowest BCUT2D eigenvalue weighted by atomic mass is 9.97. The first-order valence-corrected chi connectivity index (χ1v) is 6.58. The highest BCUT2D eigenvalue weighted by molar-refractivity contribution is 5.02. The third kappa shape index (κ3) is 2.36. The maximum absolute atomic E-state index is 3.66. The van der Waals surface area contributed by atoms with Gasteiger partial charge in [-0.3, -0.25) is 4.90 Å². The van der Waals surface area contributed by atoms with Crippen molar-refractivity contribution in [3.8, 4) is 0 Å². The minimum absolute atomic E-state index is 0.312. The van der Waals surface area contributed by atoms with E-state index in [4.69, 9.17) is 0 Å². The van der Waals surface area contributed by atoms with Crippen molar-refractivity contribution in [1.29, 1.82) is 0 Å². The molecular formula is C13H26N2. The molecule has 3 atom stereocenters. The van der Waals surface area contributed by atoms with Gasteiger partial charge < -0.3 is 5.32 Å². The molecule has 2 nitrogen and oxygen atoms in total. The number of nitrogens with zero attached hydrogens (tertiary/aromatic N) is 1. The molecule has 0 aromatic heterocycles. The summed E-state index contributed by atoms with van der Waals surface area (Å²) in [5.41, 5.74) is 0.312. The maximum atomic E-state index is 3.66. The lowest BCUT2D eigenvalue weighted by molar-refractivity contribution is 0.0801.